The fourth-order valence-electron chi connectivity index (χ4n) is 1.92. The molecule has 0 amide bonds. The van der Waals surface area contributed by atoms with Gasteiger partial charge in [0.2, 0.25) is 0 Å². The maximum atomic E-state index is 11.9. The number of alkyl halides is 3. The van der Waals surface area contributed by atoms with Crippen LogP contribution in [0, 0.1) is 11.8 Å². The Hall–Kier alpha value is -0.340. The molecule has 102 valence electrons. The van der Waals surface area contributed by atoms with E-state index in [0.29, 0.717) is 6.42 Å². The lowest BCUT2D eigenvalue weighted by molar-refractivity contribution is -0.177. The van der Waals surface area contributed by atoms with Crippen molar-refractivity contribution in [3.63, 3.8) is 0 Å². The molecule has 1 rings (SSSR count). The summed E-state index contributed by atoms with van der Waals surface area (Å²) in [5, 5.41) is 0. The Morgan fingerprint density at radius 2 is 2.06 bits per heavy atom. The minimum absolute atomic E-state index is 0.00421. The number of rotatable bonds is 5. The van der Waals surface area contributed by atoms with E-state index in [0.717, 1.165) is 0 Å². The lowest BCUT2D eigenvalue weighted by Crippen LogP contribution is -2.30. The van der Waals surface area contributed by atoms with E-state index in [1.807, 2.05) is 0 Å². The number of halogens is 3. The van der Waals surface area contributed by atoms with Gasteiger partial charge >= 0.3 is 6.18 Å². The van der Waals surface area contributed by atoms with Crippen LogP contribution in [0.15, 0.2) is 0 Å². The van der Waals surface area contributed by atoms with E-state index in [9.17, 15) is 21.6 Å². The molecule has 0 radical (unpaired) electrons. The molecule has 0 aliphatic carbocycles. The summed E-state index contributed by atoms with van der Waals surface area (Å²) >= 11 is 0. The molecule has 17 heavy (non-hydrogen) atoms. The molecule has 2 atom stereocenters. The zero-order valence-corrected chi connectivity index (χ0v) is 10.1. The van der Waals surface area contributed by atoms with E-state index in [2.05, 4.69) is 4.74 Å². The highest BCUT2D eigenvalue weighted by Crippen LogP contribution is 2.26. The first kappa shape index (κ1) is 14.7. The zero-order chi connectivity index (χ0) is 13.1. The van der Waals surface area contributed by atoms with Crippen LogP contribution in [-0.2, 0) is 14.6 Å². The van der Waals surface area contributed by atoms with Crippen molar-refractivity contribution in [3.05, 3.63) is 0 Å². The second-order valence-corrected chi connectivity index (χ2v) is 6.52. The van der Waals surface area contributed by atoms with E-state index >= 15 is 0 Å². The lowest BCUT2D eigenvalue weighted by Gasteiger charge is -2.21. The van der Waals surface area contributed by atoms with Gasteiger partial charge in [-0.05, 0) is 24.8 Å². The fraction of sp³-hybridized carbons (Fsp3) is 1.00. The Balaban J connectivity index is 2.39. The molecule has 1 aliphatic heterocycles. The van der Waals surface area contributed by atoms with Gasteiger partial charge in [0.05, 0.1) is 18.1 Å². The highest BCUT2D eigenvalue weighted by Gasteiger charge is 2.34. The van der Waals surface area contributed by atoms with Crippen LogP contribution in [0.1, 0.15) is 6.42 Å². The second kappa shape index (κ2) is 5.53. The molecule has 8 heteroatoms. The Kier molecular flexibility index (Phi) is 4.79. The van der Waals surface area contributed by atoms with Crippen molar-refractivity contribution in [1.82, 2.24) is 0 Å². The maximum Gasteiger partial charge on any atom is 0.411 e. The van der Waals surface area contributed by atoms with Gasteiger partial charge in [-0.15, -0.1) is 0 Å². The minimum atomic E-state index is -4.36. The van der Waals surface area contributed by atoms with Crippen molar-refractivity contribution in [2.45, 2.75) is 12.6 Å². The first-order chi connectivity index (χ1) is 7.73. The molecule has 2 N–H and O–H groups in total. The second-order valence-electron chi connectivity index (χ2n) is 4.29. The summed E-state index contributed by atoms with van der Waals surface area (Å²) < 4.78 is 62.6. The smallest absolute Gasteiger partial charge is 0.372 e. The molecule has 1 saturated heterocycles. The molecule has 0 aromatic carbocycles. The predicted molar refractivity (Wildman–Crippen MR) is 56.2 cm³/mol. The van der Waals surface area contributed by atoms with Gasteiger partial charge in [-0.2, -0.15) is 13.2 Å². The van der Waals surface area contributed by atoms with Crippen LogP contribution >= 0.6 is 0 Å². The molecule has 1 heterocycles. The quantitative estimate of drug-likeness (QED) is 0.796. The van der Waals surface area contributed by atoms with Crippen molar-refractivity contribution in [1.29, 1.82) is 0 Å². The van der Waals surface area contributed by atoms with Crippen LogP contribution in [0.4, 0.5) is 13.2 Å². The van der Waals surface area contributed by atoms with Gasteiger partial charge < -0.3 is 10.5 Å². The van der Waals surface area contributed by atoms with E-state index in [1.165, 1.54) is 0 Å². The van der Waals surface area contributed by atoms with Gasteiger partial charge in [0.1, 0.15) is 6.61 Å². The van der Waals surface area contributed by atoms with Crippen molar-refractivity contribution >= 4 is 9.84 Å². The number of ether oxygens (including phenoxy) is 1. The Bertz CT molecular complexity index is 342. The first-order valence-corrected chi connectivity index (χ1v) is 7.10. The molecule has 2 unspecified atom stereocenters. The molecule has 4 nitrogen and oxygen atoms in total. The molecule has 0 spiro atoms. The monoisotopic (exact) mass is 275 g/mol. The van der Waals surface area contributed by atoms with Gasteiger partial charge in [-0.25, -0.2) is 8.42 Å². The molecular weight excluding hydrogens is 259 g/mol. The highest BCUT2D eigenvalue weighted by molar-refractivity contribution is 7.91. The van der Waals surface area contributed by atoms with Crippen LogP contribution in [0.3, 0.4) is 0 Å². The molecule has 1 aliphatic rings. The van der Waals surface area contributed by atoms with Crippen LogP contribution in [0.2, 0.25) is 0 Å². The third kappa shape index (κ3) is 5.22. The topological polar surface area (TPSA) is 69.4 Å². The largest absolute Gasteiger partial charge is 0.411 e. The average molecular weight is 275 g/mol. The summed E-state index contributed by atoms with van der Waals surface area (Å²) in [5.41, 5.74) is 5.43. The zero-order valence-electron chi connectivity index (χ0n) is 9.24. The highest BCUT2D eigenvalue weighted by atomic mass is 32.2. The normalized spacial score (nSPS) is 26.0. The van der Waals surface area contributed by atoms with Crippen molar-refractivity contribution in [2.24, 2.45) is 17.6 Å². The van der Waals surface area contributed by atoms with E-state index in [-0.39, 0.29) is 36.5 Å². The number of sulfone groups is 1. The molecule has 0 aromatic rings. The van der Waals surface area contributed by atoms with Crippen molar-refractivity contribution < 1.29 is 26.3 Å². The van der Waals surface area contributed by atoms with E-state index in [1.54, 1.807) is 0 Å². The van der Waals surface area contributed by atoms with E-state index in [4.69, 9.17) is 5.73 Å². The standard InChI is InChI=1S/C9H16F3NO3S/c10-9(11,12)6-16-4-8(3-13)7-1-2-17(14,15)5-7/h7-8H,1-6,13H2. The van der Waals surface area contributed by atoms with Crippen LogP contribution in [0.5, 0.6) is 0 Å². The number of hydrogen-bond acceptors (Lipinski definition) is 4. The third-order valence-electron chi connectivity index (χ3n) is 2.83. The summed E-state index contributed by atoms with van der Waals surface area (Å²) in [6.07, 6.45) is -3.90. The summed E-state index contributed by atoms with van der Waals surface area (Å²) in [7, 11) is -3.04. The first-order valence-electron chi connectivity index (χ1n) is 5.28. The average Bonchev–Trinajstić information content (AvgIpc) is 2.52. The van der Waals surface area contributed by atoms with Gasteiger partial charge in [-0.3, -0.25) is 0 Å². The molecule has 0 bridgehead atoms. The molecular formula is C9H16F3NO3S. The predicted octanol–water partition coefficient (Wildman–Crippen LogP) is 0.575. The summed E-state index contributed by atoms with van der Waals surface area (Å²) in [6.45, 7) is -1.32. The lowest BCUT2D eigenvalue weighted by atomic mass is 9.93. The van der Waals surface area contributed by atoms with Crippen molar-refractivity contribution in [3.8, 4) is 0 Å². The van der Waals surface area contributed by atoms with Gasteiger partial charge in [0.15, 0.2) is 9.84 Å². The minimum Gasteiger partial charge on any atom is -0.372 e. The third-order valence-corrected chi connectivity index (χ3v) is 4.63. The fourth-order valence-corrected chi connectivity index (χ4v) is 3.84. The van der Waals surface area contributed by atoms with Crippen LogP contribution < -0.4 is 5.73 Å². The van der Waals surface area contributed by atoms with E-state index < -0.39 is 22.6 Å². The number of nitrogens with two attached hydrogens (primary N) is 1. The van der Waals surface area contributed by atoms with Gasteiger partial charge in [0.25, 0.3) is 0 Å². The maximum absolute atomic E-state index is 11.9. The summed E-state index contributed by atoms with van der Waals surface area (Å²) in [5.74, 6) is -0.412. The van der Waals surface area contributed by atoms with Gasteiger partial charge in [0, 0.05) is 0 Å². The Labute approximate surface area is 98.2 Å². The number of hydrogen-bond donors (Lipinski definition) is 1. The summed E-state index contributed by atoms with van der Waals surface area (Å²) in [6, 6.07) is 0. The Morgan fingerprint density at radius 1 is 1.41 bits per heavy atom. The molecule has 0 aromatic heterocycles. The van der Waals surface area contributed by atoms with Crippen LogP contribution in [0.25, 0.3) is 0 Å². The Morgan fingerprint density at radius 3 is 2.47 bits per heavy atom. The SMILES string of the molecule is NCC(COCC(F)(F)F)C1CCS(=O)(=O)C1. The molecule has 0 saturated carbocycles. The van der Waals surface area contributed by atoms with Crippen molar-refractivity contribution in [2.75, 3.05) is 31.3 Å². The van der Waals surface area contributed by atoms with Gasteiger partial charge in [-0.1, -0.05) is 0 Å². The summed E-state index contributed by atoms with van der Waals surface area (Å²) in [4.78, 5) is 0. The molecule has 1 fully saturated rings. The van der Waals surface area contributed by atoms with Crippen LogP contribution in [-0.4, -0.2) is 45.9 Å².